The number of halogens is 1. The van der Waals surface area contributed by atoms with E-state index >= 15 is 0 Å². The van der Waals surface area contributed by atoms with Crippen molar-refractivity contribution in [2.75, 3.05) is 13.6 Å². The second kappa shape index (κ2) is 4.96. The molecule has 0 bridgehead atoms. The van der Waals surface area contributed by atoms with Gasteiger partial charge in [0.1, 0.15) is 6.54 Å². The monoisotopic (exact) mass is 300 g/mol. The number of hydrogen-bond acceptors (Lipinski definition) is 2. The fourth-order valence-electron chi connectivity index (χ4n) is 1.02. The van der Waals surface area contributed by atoms with E-state index in [1.807, 2.05) is 24.3 Å². The van der Waals surface area contributed by atoms with Crippen LogP contribution in [0.1, 0.15) is 10.4 Å². The summed E-state index contributed by atoms with van der Waals surface area (Å²) < 4.78 is 0.903. The molecule has 0 radical (unpaired) electrons. The minimum absolute atomic E-state index is 0.114. The van der Waals surface area contributed by atoms with Crippen molar-refractivity contribution in [2.24, 2.45) is 0 Å². The van der Waals surface area contributed by atoms with E-state index in [0.717, 1.165) is 3.57 Å². The molecule has 0 saturated heterocycles. The molecule has 1 amide bonds. The van der Waals surface area contributed by atoms with Crippen molar-refractivity contribution in [3.05, 3.63) is 33.4 Å². The van der Waals surface area contributed by atoms with Gasteiger partial charge in [0.25, 0.3) is 5.91 Å². The number of carbonyl (C=O) groups is 1. The molecule has 0 atom stereocenters. The first-order valence-electron chi connectivity index (χ1n) is 4.03. The molecule has 0 N–H and O–H groups in total. The maximum atomic E-state index is 11.7. The molecule has 4 heteroatoms. The summed E-state index contributed by atoms with van der Waals surface area (Å²) in [4.78, 5) is 13.1. The SMILES string of the molecule is CN(CC#N)C(=O)c1ccccc1I. The van der Waals surface area contributed by atoms with Gasteiger partial charge in [0.2, 0.25) is 0 Å². The van der Waals surface area contributed by atoms with Gasteiger partial charge in [-0.3, -0.25) is 4.79 Å². The highest BCUT2D eigenvalue weighted by Crippen LogP contribution is 2.12. The number of hydrogen-bond donors (Lipinski definition) is 0. The number of carbonyl (C=O) groups excluding carboxylic acids is 1. The number of nitrogens with zero attached hydrogens (tertiary/aromatic N) is 2. The Bertz CT molecular complexity index is 384. The van der Waals surface area contributed by atoms with Crippen molar-refractivity contribution in [3.8, 4) is 6.07 Å². The predicted molar refractivity (Wildman–Crippen MR) is 61.7 cm³/mol. The minimum atomic E-state index is -0.114. The van der Waals surface area contributed by atoms with Gasteiger partial charge in [-0.2, -0.15) is 5.26 Å². The zero-order valence-corrected chi connectivity index (χ0v) is 9.85. The van der Waals surface area contributed by atoms with Gasteiger partial charge >= 0.3 is 0 Å². The van der Waals surface area contributed by atoms with Crippen LogP contribution in [0.15, 0.2) is 24.3 Å². The van der Waals surface area contributed by atoms with Crippen molar-refractivity contribution >= 4 is 28.5 Å². The highest BCUT2D eigenvalue weighted by atomic mass is 127. The van der Waals surface area contributed by atoms with Crippen molar-refractivity contribution in [2.45, 2.75) is 0 Å². The average Bonchev–Trinajstić information content (AvgIpc) is 2.18. The fraction of sp³-hybridized carbons (Fsp3) is 0.200. The molecule has 3 nitrogen and oxygen atoms in total. The van der Waals surface area contributed by atoms with Crippen LogP contribution in [0.2, 0.25) is 0 Å². The summed E-state index contributed by atoms with van der Waals surface area (Å²) >= 11 is 2.11. The molecule has 0 aliphatic heterocycles. The first kappa shape index (κ1) is 11.0. The van der Waals surface area contributed by atoms with Gasteiger partial charge in [0.15, 0.2) is 0 Å². The summed E-state index contributed by atoms with van der Waals surface area (Å²) in [6.45, 7) is 0.115. The van der Waals surface area contributed by atoms with E-state index in [2.05, 4.69) is 22.6 Å². The van der Waals surface area contributed by atoms with Crippen LogP contribution < -0.4 is 0 Å². The Morgan fingerprint density at radius 2 is 2.21 bits per heavy atom. The van der Waals surface area contributed by atoms with Gasteiger partial charge in [-0.05, 0) is 34.7 Å². The van der Waals surface area contributed by atoms with Crippen molar-refractivity contribution < 1.29 is 4.79 Å². The first-order chi connectivity index (χ1) is 6.66. The van der Waals surface area contributed by atoms with Crippen LogP contribution in [0.25, 0.3) is 0 Å². The molecule has 14 heavy (non-hydrogen) atoms. The highest BCUT2D eigenvalue weighted by molar-refractivity contribution is 14.1. The molecular formula is C10H9IN2O. The molecule has 0 aliphatic carbocycles. The zero-order chi connectivity index (χ0) is 10.6. The maximum Gasteiger partial charge on any atom is 0.255 e. The predicted octanol–water partition coefficient (Wildman–Crippen LogP) is 1.89. The Morgan fingerprint density at radius 1 is 1.57 bits per heavy atom. The highest BCUT2D eigenvalue weighted by Gasteiger charge is 2.13. The van der Waals surface area contributed by atoms with E-state index in [1.54, 1.807) is 13.1 Å². The smallest absolute Gasteiger partial charge is 0.255 e. The van der Waals surface area contributed by atoms with Gasteiger partial charge in [-0.1, -0.05) is 12.1 Å². The van der Waals surface area contributed by atoms with E-state index in [1.165, 1.54) is 4.90 Å². The van der Waals surface area contributed by atoms with E-state index in [9.17, 15) is 4.79 Å². The standard InChI is InChI=1S/C10H9IN2O/c1-13(7-6-12)10(14)8-4-2-3-5-9(8)11/h2-5H,7H2,1H3. The molecule has 0 aliphatic rings. The zero-order valence-electron chi connectivity index (χ0n) is 7.70. The van der Waals surface area contributed by atoms with Crippen molar-refractivity contribution in [1.82, 2.24) is 4.90 Å². The number of rotatable bonds is 2. The summed E-state index contributed by atoms with van der Waals surface area (Å²) in [7, 11) is 1.62. The van der Waals surface area contributed by atoms with Crippen molar-refractivity contribution in [1.29, 1.82) is 5.26 Å². The van der Waals surface area contributed by atoms with Crippen LogP contribution in [0.4, 0.5) is 0 Å². The Hall–Kier alpha value is -1.09. The number of nitriles is 1. The maximum absolute atomic E-state index is 11.7. The summed E-state index contributed by atoms with van der Waals surface area (Å²) in [5.74, 6) is -0.114. The van der Waals surface area contributed by atoms with Crippen LogP contribution in [-0.4, -0.2) is 24.4 Å². The largest absolute Gasteiger partial charge is 0.328 e. The normalized spacial score (nSPS) is 9.21. The van der Waals surface area contributed by atoms with Gasteiger partial charge in [-0.25, -0.2) is 0 Å². The Labute approximate surface area is 96.5 Å². The molecule has 0 heterocycles. The van der Waals surface area contributed by atoms with Crippen LogP contribution in [0.5, 0.6) is 0 Å². The van der Waals surface area contributed by atoms with Crippen molar-refractivity contribution in [3.63, 3.8) is 0 Å². The Balaban J connectivity index is 2.91. The number of benzene rings is 1. The van der Waals surface area contributed by atoms with Gasteiger partial charge in [-0.15, -0.1) is 0 Å². The first-order valence-corrected chi connectivity index (χ1v) is 5.11. The quantitative estimate of drug-likeness (QED) is 0.618. The van der Waals surface area contributed by atoms with Gasteiger partial charge in [0.05, 0.1) is 11.6 Å². The second-order valence-electron chi connectivity index (χ2n) is 2.80. The topological polar surface area (TPSA) is 44.1 Å². The molecule has 1 aromatic carbocycles. The van der Waals surface area contributed by atoms with Crippen LogP contribution in [0, 0.1) is 14.9 Å². The molecule has 0 spiro atoms. The minimum Gasteiger partial charge on any atom is -0.328 e. The average molecular weight is 300 g/mol. The second-order valence-corrected chi connectivity index (χ2v) is 3.96. The Morgan fingerprint density at radius 3 is 2.79 bits per heavy atom. The van der Waals surface area contributed by atoms with E-state index in [0.29, 0.717) is 5.56 Å². The summed E-state index contributed by atoms with van der Waals surface area (Å²) in [5, 5.41) is 8.46. The number of amides is 1. The molecular weight excluding hydrogens is 291 g/mol. The molecule has 1 rings (SSSR count). The third kappa shape index (κ3) is 2.45. The van der Waals surface area contributed by atoms with Crippen LogP contribution in [-0.2, 0) is 0 Å². The van der Waals surface area contributed by atoms with E-state index < -0.39 is 0 Å². The lowest BCUT2D eigenvalue weighted by Gasteiger charge is -2.13. The van der Waals surface area contributed by atoms with Crippen LogP contribution in [0.3, 0.4) is 0 Å². The molecule has 72 valence electrons. The Kier molecular flexibility index (Phi) is 3.89. The fourth-order valence-corrected chi connectivity index (χ4v) is 1.64. The van der Waals surface area contributed by atoms with Gasteiger partial charge in [0, 0.05) is 10.6 Å². The van der Waals surface area contributed by atoms with Crippen LogP contribution >= 0.6 is 22.6 Å². The summed E-state index contributed by atoms with van der Waals surface area (Å²) in [5.41, 5.74) is 0.644. The lowest BCUT2D eigenvalue weighted by atomic mass is 10.2. The molecule has 1 aromatic rings. The van der Waals surface area contributed by atoms with Gasteiger partial charge < -0.3 is 4.90 Å². The molecule has 0 unspecified atom stereocenters. The lowest BCUT2D eigenvalue weighted by molar-refractivity contribution is 0.0811. The summed E-state index contributed by atoms with van der Waals surface area (Å²) in [6.07, 6.45) is 0. The summed E-state index contributed by atoms with van der Waals surface area (Å²) in [6, 6.07) is 9.26. The third-order valence-electron chi connectivity index (χ3n) is 1.76. The molecule has 0 aromatic heterocycles. The third-order valence-corrected chi connectivity index (χ3v) is 2.70. The molecule has 0 saturated carbocycles. The van der Waals surface area contributed by atoms with E-state index in [-0.39, 0.29) is 12.5 Å². The van der Waals surface area contributed by atoms with E-state index in [4.69, 9.17) is 5.26 Å². The lowest BCUT2D eigenvalue weighted by Crippen LogP contribution is -2.27. The molecule has 0 fully saturated rings.